The average Bonchev–Trinajstić information content (AvgIpc) is 2.61. The molecule has 0 bridgehead atoms. The predicted molar refractivity (Wildman–Crippen MR) is 67.5 cm³/mol. The Kier molecular flexibility index (Phi) is 3.04. The second-order valence-electron chi connectivity index (χ2n) is 5.03. The lowest BCUT2D eigenvalue weighted by Crippen LogP contribution is -2.42. The van der Waals surface area contributed by atoms with E-state index >= 15 is 0 Å². The molecule has 0 aromatic heterocycles. The average molecular weight is 254 g/mol. The molecule has 17 heavy (non-hydrogen) atoms. The molecule has 1 N–H and O–H groups in total. The van der Waals surface area contributed by atoms with Gasteiger partial charge >= 0.3 is 0 Å². The Labute approximate surface area is 106 Å². The third-order valence-corrected chi connectivity index (χ3v) is 3.57. The first-order valence-electron chi connectivity index (χ1n) is 5.72. The molecule has 1 fully saturated rings. The van der Waals surface area contributed by atoms with Crippen LogP contribution in [0, 0.1) is 0 Å². The van der Waals surface area contributed by atoms with Gasteiger partial charge < -0.3 is 10.0 Å². The lowest BCUT2D eigenvalue weighted by molar-refractivity contribution is 0.0649. The molecule has 92 valence electrons. The highest BCUT2D eigenvalue weighted by atomic mass is 35.5. The van der Waals surface area contributed by atoms with Crippen molar-refractivity contribution in [1.82, 2.24) is 4.90 Å². The second-order valence-corrected chi connectivity index (χ2v) is 5.47. The fraction of sp³-hybridized carbons (Fsp3) is 0.462. The van der Waals surface area contributed by atoms with Crippen LogP contribution in [0.15, 0.2) is 18.2 Å². The summed E-state index contributed by atoms with van der Waals surface area (Å²) in [5.74, 6) is -0.158. The number of phenolic OH excluding ortho intramolecular Hbond substituents is 1. The molecule has 1 saturated heterocycles. The summed E-state index contributed by atoms with van der Waals surface area (Å²) in [6, 6.07) is 4.55. The Morgan fingerprint density at radius 1 is 1.47 bits per heavy atom. The number of halogens is 1. The number of carbonyl (C=O) groups is 1. The van der Waals surface area contributed by atoms with Gasteiger partial charge in [-0.15, -0.1) is 0 Å². The van der Waals surface area contributed by atoms with Crippen molar-refractivity contribution in [1.29, 1.82) is 0 Å². The number of hydrogen-bond donors (Lipinski definition) is 1. The van der Waals surface area contributed by atoms with Crippen molar-refractivity contribution in [2.75, 3.05) is 6.54 Å². The molecule has 1 amide bonds. The highest BCUT2D eigenvalue weighted by Crippen LogP contribution is 2.32. The second kappa shape index (κ2) is 4.22. The van der Waals surface area contributed by atoms with Gasteiger partial charge in [0.1, 0.15) is 5.75 Å². The number of aromatic hydroxyl groups is 1. The van der Waals surface area contributed by atoms with E-state index in [9.17, 15) is 9.90 Å². The quantitative estimate of drug-likeness (QED) is 0.836. The normalized spacial score (nSPS) is 18.4. The van der Waals surface area contributed by atoms with Crippen molar-refractivity contribution >= 4 is 17.5 Å². The summed E-state index contributed by atoms with van der Waals surface area (Å²) < 4.78 is 0. The molecule has 1 aromatic rings. The molecule has 1 aliphatic rings. The molecule has 0 aliphatic carbocycles. The van der Waals surface area contributed by atoms with Crippen LogP contribution in [0.4, 0.5) is 0 Å². The summed E-state index contributed by atoms with van der Waals surface area (Å²) in [6.45, 7) is 4.82. The Morgan fingerprint density at radius 2 is 2.18 bits per heavy atom. The van der Waals surface area contributed by atoms with E-state index in [2.05, 4.69) is 0 Å². The predicted octanol–water partition coefficient (Wildman–Crippen LogP) is 3.06. The fourth-order valence-electron chi connectivity index (χ4n) is 2.31. The first-order valence-corrected chi connectivity index (χ1v) is 6.10. The Hall–Kier alpha value is -1.22. The molecule has 0 atom stereocenters. The minimum Gasteiger partial charge on any atom is -0.507 e. The Bertz CT molecular complexity index is 457. The highest BCUT2D eigenvalue weighted by molar-refractivity contribution is 6.31. The first-order chi connectivity index (χ1) is 7.92. The molecular formula is C13H16ClNO2. The Morgan fingerprint density at radius 3 is 2.76 bits per heavy atom. The van der Waals surface area contributed by atoms with E-state index in [0.29, 0.717) is 5.02 Å². The number of carbonyl (C=O) groups excluding carboxylic acids is 1. The van der Waals surface area contributed by atoms with Crippen LogP contribution in [0.25, 0.3) is 0 Å². The zero-order valence-corrected chi connectivity index (χ0v) is 10.8. The van der Waals surface area contributed by atoms with Crippen LogP contribution in [0.2, 0.25) is 5.02 Å². The van der Waals surface area contributed by atoms with Gasteiger partial charge in [-0.1, -0.05) is 11.6 Å². The van der Waals surface area contributed by atoms with E-state index in [1.54, 1.807) is 11.0 Å². The summed E-state index contributed by atoms with van der Waals surface area (Å²) in [6.07, 6.45) is 1.99. The molecule has 1 aliphatic heterocycles. The molecule has 0 saturated carbocycles. The zero-order chi connectivity index (χ0) is 12.6. The maximum atomic E-state index is 12.3. The smallest absolute Gasteiger partial charge is 0.258 e. The van der Waals surface area contributed by atoms with Crippen LogP contribution in [0.3, 0.4) is 0 Å². The summed E-state index contributed by atoms with van der Waals surface area (Å²) in [5.41, 5.74) is 0.138. The van der Waals surface area contributed by atoms with E-state index in [-0.39, 0.29) is 22.8 Å². The number of rotatable bonds is 1. The van der Waals surface area contributed by atoms with E-state index in [1.165, 1.54) is 12.1 Å². The van der Waals surface area contributed by atoms with Gasteiger partial charge in [-0.3, -0.25) is 4.79 Å². The molecule has 0 spiro atoms. The van der Waals surface area contributed by atoms with Crippen molar-refractivity contribution in [3.8, 4) is 5.75 Å². The zero-order valence-electron chi connectivity index (χ0n) is 10.0. The molecule has 0 radical (unpaired) electrons. The summed E-state index contributed by atoms with van der Waals surface area (Å²) in [4.78, 5) is 14.1. The molecule has 4 heteroatoms. The number of phenols is 1. The van der Waals surface area contributed by atoms with Crippen molar-refractivity contribution in [3.05, 3.63) is 28.8 Å². The molecule has 0 unspecified atom stereocenters. The van der Waals surface area contributed by atoms with E-state index in [0.717, 1.165) is 19.4 Å². The number of nitrogens with zero attached hydrogens (tertiary/aromatic N) is 1. The Balaban J connectivity index is 2.34. The third kappa shape index (κ3) is 2.25. The number of likely N-dealkylation sites (tertiary alicyclic amines) is 1. The van der Waals surface area contributed by atoms with E-state index in [1.807, 2.05) is 13.8 Å². The third-order valence-electron chi connectivity index (χ3n) is 3.34. The summed E-state index contributed by atoms with van der Waals surface area (Å²) >= 11 is 5.86. The van der Waals surface area contributed by atoms with E-state index in [4.69, 9.17) is 11.6 Å². The minimum atomic E-state index is -0.147. The number of amides is 1. The van der Waals surface area contributed by atoms with Crippen molar-refractivity contribution in [2.45, 2.75) is 32.2 Å². The van der Waals surface area contributed by atoms with Crippen LogP contribution >= 0.6 is 11.6 Å². The molecule has 1 heterocycles. The van der Waals surface area contributed by atoms with Crippen LogP contribution in [0.5, 0.6) is 5.75 Å². The maximum absolute atomic E-state index is 12.3. The summed E-state index contributed by atoms with van der Waals surface area (Å²) in [5, 5.41) is 10.2. The largest absolute Gasteiger partial charge is 0.507 e. The number of hydrogen-bond acceptors (Lipinski definition) is 2. The van der Waals surface area contributed by atoms with Gasteiger partial charge in [-0.05, 0) is 44.9 Å². The summed E-state index contributed by atoms with van der Waals surface area (Å²) in [7, 11) is 0. The van der Waals surface area contributed by atoms with Gasteiger partial charge in [-0.2, -0.15) is 0 Å². The maximum Gasteiger partial charge on any atom is 0.258 e. The molecular weight excluding hydrogens is 238 g/mol. The standard InChI is InChI=1S/C13H16ClNO2/c1-13(2)6-3-7-15(13)12(17)10-8-9(14)4-5-11(10)16/h4-5,8,16H,3,6-7H2,1-2H3. The highest BCUT2D eigenvalue weighted by Gasteiger charge is 2.36. The van der Waals surface area contributed by atoms with Crippen molar-refractivity contribution < 1.29 is 9.90 Å². The topological polar surface area (TPSA) is 40.5 Å². The lowest BCUT2D eigenvalue weighted by Gasteiger charge is -2.31. The first kappa shape index (κ1) is 12.2. The number of benzene rings is 1. The van der Waals surface area contributed by atoms with Crippen LogP contribution in [0.1, 0.15) is 37.0 Å². The fourth-order valence-corrected chi connectivity index (χ4v) is 2.48. The monoisotopic (exact) mass is 253 g/mol. The lowest BCUT2D eigenvalue weighted by atomic mass is 10.0. The van der Waals surface area contributed by atoms with Gasteiger partial charge in [0.05, 0.1) is 5.56 Å². The van der Waals surface area contributed by atoms with Gasteiger partial charge in [0.2, 0.25) is 0 Å². The van der Waals surface area contributed by atoms with Crippen molar-refractivity contribution in [2.24, 2.45) is 0 Å². The van der Waals surface area contributed by atoms with Crippen LogP contribution in [-0.4, -0.2) is 28.0 Å². The van der Waals surface area contributed by atoms with Gasteiger partial charge in [0.25, 0.3) is 5.91 Å². The minimum absolute atomic E-state index is 0.0119. The molecule has 3 nitrogen and oxygen atoms in total. The van der Waals surface area contributed by atoms with Crippen LogP contribution < -0.4 is 0 Å². The molecule has 2 rings (SSSR count). The molecule has 1 aromatic carbocycles. The van der Waals surface area contributed by atoms with Crippen molar-refractivity contribution in [3.63, 3.8) is 0 Å². The van der Waals surface area contributed by atoms with Gasteiger partial charge in [0.15, 0.2) is 0 Å². The SMILES string of the molecule is CC1(C)CCCN1C(=O)c1cc(Cl)ccc1O. The van der Waals surface area contributed by atoms with Crippen LogP contribution in [-0.2, 0) is 0 Å². The van der Waals surface area contributed by atoms with Gasteiger partial charge in [0, 0.05) is 17.1 Å². The van der Waals surface area contributed by atoms with Gasteiger partial charge in [-0.25, -0.2) is 0 Å². The van der Waals surface area contributed by atoms with E-state index < -0.39 is 0 Å².